The lowest BCUT2D eigenvalue weighted by Gasteiger charge is -2.07. The first-order chi connectivity index (χ1) is 8.66. The molecule has 2 aromatic rings. The number of nitrogens with one attached hydrogen (secondary N) is 1. The molecule has 5 heteroatoms. The zero-order chi connectivity index (χ0) is 13.0. The highest BCUT2D eigenvalue weighted by molar-refractivity contribution is 6.04. The summed E-state index contributed by atoms with van der Waals surface area (Å²) in [5.41, 5.74) is 8.10. The monoisotopic (exact) mass is 277 g/mol. The third-order valence-corrected chi connectivity index (χ3v) is 2.64. The molecule has 19 heavy (non-hydrogen) atoms. The molecule has 0 radical (unpaired) electrons. The number of hydrogen-bond donors (Lipinski definition) is 2. The molecule has 1 amide bonds. The molecular formula is C14H16ClN3O. The van der Waals surface area contributed by atoms with Crippen molar-refractivity contribution in [2.45, 2.75) is 13.0 Å². The van der Waals surface area contributed by atoms with Gasteiger partial charge in [-0.05, 0) is 36.8 Å². The number of carbonyl (C=O) groups excluding carboxylic acids is 1. The zero-order valence-electron chi connectivity index (χ0n) is 10.5. The average molecular weight is 278 g/mol. The highest BCUT2D eigenvalue weighted by Gasteiger charge is 2.06. The predicted octanol–water partition coefficient (Wildman–Crippen LogP) is 2.78. The van der Waals surface area contributed by atoms with E-state index in [-0.39, 0.29) is 24.4 Å². The number of halogens is 1. The number of rotatable bonds is 3. The predicted molar refractivity (Wildman–Crippen MR) is 78.5 cm³/mol. The van der Waals surface area contributed by atoms with E-state index in [1.807, 2.05) is 19.1 Å². The van der Waals surface area contributed by atoms with E-state index < -0.39 is 0 Å². The normalized spacial score (nSPS) is 11.3. The van der Waals surface area contributed by atoms with E-state index in [1.165, 1.54) is 0 Å². The molecule has 1 aromatic heterocycles. The second-order valence-electron chi connectivity index (χ2n) is 4.10. The van der Waals surface area contributed by atoms with Gasteiger partial charge in [0.25, 0.3) is 5.91 Å². The second-order valence-corrected chi connectivity index (χ2v) is 4.10. The van der Waals surface area contributed by atoms with E-state index in [0.717, 1.165) is 11.3 Å². The van der Waals surface area contributed by atoms with Gasteiger partial charge in [-0.3, -0.25) is 9.78 Å². The Labute approximate surface area is 118 Å². The van der Waals surface area contributed by atoms with Crippen LogP contribution < -0.4 is 11.1 Å². The van der Waals surface area contributed by atoms with E-state index >= 15 is 0 Å². The van der Waals surface area contributed by atoms with Gasteiger partial charge in [0, 0.05) is 29.7 Å². The fourth-order valence-electron chi connectivity index (χ4n) is 1.58. The number of amides is 1. The minimum absolute atomic E-state index is 0. The van der Waals surface area contributed by atoms with Crippen LogP contribution in [0.15, 0.2) is 48.8 Å². The Morgan fingerprint density at radius 3 is 2.26 bits per heavy atom. The molecule has 100 valence electrons. The number of pyridine rings is 1. The summed E-state index contributed by atoms with van der Waals surface area (Å²) in [7, 11) is 0. The summed E-state index contributed by atoms with van der Waals surface area (Å²) < 4.78 is 0. The fourth-order valence-corrected chi connectivity index (χ4v) is 1.58. The van der Waals surface area contributed by atoms with Crippen molar-refractivity contribution in [3.63, 3.8) is 0 Å². The van der Waals surface area contributed by atoms with Gasteiger partial charge in [-0.15, -0.1) is 12.4 Å². The minimum atomic E-state index is -0.141. The van der Waals surface area contributed by atoms with Crippen LogP contribution in [0.4, 0.5) is 5.69 Å². The van der Waals surface area contributed by atoms with Crippen LogP contribution in [0.1, 0.15) is 28.9 Å². The lowest BCUT2D eigenvalue weighted by atomic mass is 10.1. The maximum Gasteiger partial charge on any atom is 0.255 e. The van der Waals surface area contributed by atoms with Gasteiger partial charge in [0.1, 0.15) is 0 Å². The molecule has 0 bridgehead atoms. The molecule has 0 aliphatic rings. The molecule has 0 saturated carbocycles. The lowest BCUT2D eigenvalue weighted by Crippen LogP contribution is -2.12. The number of hydrogen-bond acceptors (Lipinski definition) is 3. The summed E-state index contributed by atoms with van der Waals surface area (Å²) in [5.74, 6) is -0.141. The molecule has 2 rings (SSSR count). The van der Waals surface area contributed by atoms with Gasteiger partial charge >= 0.3 is 0 Å². The summed E-state index contributed by atoms with van der Waals surface area (Å²) >= 11 is 0. The number of nitrogens with two attached hydrogens (primary N) is 1. The van der Waals surface area contributed by atoms with E-state index in [1.54, 1.807) is 36.7 Å². The van der Waals surface area contributed by atoms with E-state index in [4.69, 9.17) is 5.73 Å². The summed E-state index contributed by atoms with van der Waals surface area (Å²) in [6.07, 6.45) is 3.27. The maximum atomic E-state index is 11.9. The Bertz CT molecular complexity index is 526. The van der Waals surface area contributed by atoms with E-state index in [9.17, 15) is 4.79 Å². The summed E-state index contributed by atoms with van der Waals surface area (Å²) in [4.78, 5) is 15.8. The van der Waals surface area contributed by atoms with Gasteiger partial charge in [-0.25, -0.2) is 0 Å². The molecule has 1 unspecified atom stereocenters. The van der Waals surface area contributed by atoms with Crippen LogP contribution in [0.3, 0.4) is 0 Å². The lowest BCUT2D eigenvalue weighted by molar-refractivity contribution is 0.102. The summed E-state index contributed by atoms with van der Waals surface area (Å²) in [6, 6.07) is 10.7. The number of benzene rings is 1. The molecule has 0 spiro atoms. The molecular weight excluding hydrogens is 262 g/mol. The van der Waals surface area contributed by atoms with Crippen molar-refractivity contribution in [2.75, 3.05) is 5.32 Å². The Morgan fingerprint density at radius 2 is 1.74 bits per heavy atom. The van der Waals surface area contributed by atoms with Crippen molar-refractivity contribution in [2.24, 2.45) is 5.73 Å². The molecule has 1 atom stereocenters. The van der Waals surface area contributed by atoms with Gasteiger partial charge in [-0.1, -0.05) is 12.1 Å². The largest absolute Gasteiger partial charge is 0.324 e. The molecule has 0 fully saturated rings. The Balaban J connectivity index is 0.00000180. The van der Waals surface area contributed by atoms with Gasteiger partial charge in [0.2, 0.25) is 0 Å². The third kappa shape index (κ3) is 4.05. The SMILES string of the molecule is CC(N)c1ccc(C(=O)Nc2ccncc2)cc1.Cl. The first kappa shape index (κ1) is 15.1. The van der Waals surface area contributed by atoms with E-state index in [2.05, 4.69) is 10.3 Å². The van der Waals surface area contributed by atoms with Crippen molar-refractivity contribution in [3.05, 3.63) is 59.9 Å². The van der Waals surface area contributed by atoms with Gasteiger partial charge in [-0.2, -0.15) is 0 Å². The zero-order valence-corrected chi connectivity index (χ0v) is 11.4. The summed E-state index contributed by atoms with van der Waals surface area (Å²) in [6.45, 7) is 1.91. The first-order valence-electron chi connectivity index (χ1n) is 5.74. The summed E-state index contributed by atoms with van der Waals surface area (Å²) in [5, 5.41) is 2.80. The highest BCUT2D eigenvalue weighted by Crippen LogP contribution is 2.12. The molecule has 1 aromatic carbocycles. The minimum Gasteiger partial charge on any atom is -0.324 e. The quantitative estimate of drug-likeness (QED) is 0.906. The highest BCUT2D eigenvalue weighted by atomic mass is 35.5. The molecule has 1 heterocycles. The number of carbonyl (C=O) groups is 1. The van der Waals surface area contributed by atoms with Crippen molar-refractivity contribution in [1.82, 2.24) is 4.98 Å². The first-order valence-corrected chi connectivity index (χ1v) is 5.74. The maximum absolute atomic E-state index is 11.9. The van der Waals surface area contributed by atoms with Crippen molar-refractivity contribution in [3.8, 4) is 0 Å². The van der Waals surface area contributed by atoms with Crippen LogP contribution in [-0.4, -0.2) is 10.9 Å². The van der Waals surface area contributed by atoms with Crippen LogP contribution in [0.5, 0.6) is 0 Å². The Morgan fingerprint density at radius 1 is 1.16 bits per heavy atom. The second kappa shape index (κ2) is 6.87. The van der Waals surface area contributed by atoms with Crippen LogP contribution in [0.25, 0.3) is 0 Å². The van der Waals surface area contributed by atoms with Gasteiger partial charge in [0.05, 0.1) is 0 Å². The molecule has 4 nitrogen and oxygen atoms in total. The van der Waals surface area contributed by atoms with Crippen molar-refractivity contribution < 1.29 is 4.79 Å². The van der Waals surface area contributed by atoms with Crippen LogP contribution in [0.2, 0.25) is 0 Å². The van der Waals surface area contributed by atoms with E-state index in [0.29, 0.717) is 5.56 Å². The standard InChI is InChI=1S/C14H15N3O.ClH/c1-10(15)11-2-4-12(5-3-11)14(18)17-13-6-8-16-9-7-13;/h2-10H,15H2,1H3,(H,16,17,18);1H. The molecule has 0 aliphatic carbocycles. The fraction of sp³-hybridized carbons (Fsp3) is 0.143. The smallest absolute Gasteiger partial charge is 0.255 e. The van der Waals surface area contributed by atoms with Crippen LogP contribution >= 0.6 is 12.4 Å². The van der Waals surface area contributed by atoms with Gasteiger partial charge in [0.15, 0.2) is 0 Å². The Kier molecular flexibility index (Phi) is 5.48. The number of aromatic nitrogens is 1. The van der Waals surface area contributed by atoms with Crippen molar-refractivity contribution >= 4 is 24.0 Å². The van der Waals surface area contributed by atoms with Crippen LogP contribution in [-0.2, 0) is 0 Å². The molecule has 0 aliphatic heterocycles. The van der Waals surface area contributed by atoms with Crippen molar-refractivity contribution in [1.29, 1.82) is 0 Å². The number of nitrogens with zero attached hydrogens (tertiary/aromatic N) is 1. The molecule has 0 saturated heterocycles. The topological polar surface area (TPSA) is 68.0 Å². The van der Waals surface area contributed by atoms with Gasteiger partial charge < -0.3 is 11.1 Å². The number of anilines is 1. The third-order valence-electron chi connectivity index (χ3n) is 2.64. The van der Waals surface area contributed by atoms with Crippen LogP contribution in [0, 0.1) is 0 Å². The molecule has 3 N–H and O–H groups in total. The average Bonchev–Trinajstić information content (AvgIpc) is 2.40. The Hall–Kier alpha value is -1.91.